The Morgan fingerprint density at radius 1 is 1.12 bits per heavy atom. The van der Waals surface area contributed by atoms with E-state index in [1.807, 2.05) is 35.0 Å². The Morgan fingerprint density at radius 3 is 2.62 bits per heavy atom. The van der Waals surface area contributed by atoms with Crippen molar-refractivity contribution in [2.75, 3.05) is 26.7 Å². The van der Waals surface area contributed by atoms with Crippen molar-refractivity contribution in [3.8, 4) is 5.75 Å². The van der Waals surface area contributed by atoms with Crippen LogP contribution in [0.3, 0.4) is 0 Å². The second kappa shape index (κ2) is 10.5. The number of ether oxygens (including phenoxy) is 1. The largest absolute Gasteiger partial charge is 0.497 e. The van der Waals surface area contributed by atoms with Crippen molar-refractivity contribution in [3.63, 3.8) is 0 Å². The van der Waals surface area contributed by atoms with Gasteiger partial charge in [0.1, 0.15) is 5.75 Å². The van der Waals surface area contributed by atoms with E-state index in [0.717, 1.165) is 31.0 Å². The molecule has 2 heterocycles. The lowest BCUT2D eigenvalue weighted by molar-refractivity contribution is 0.0937. The third kappa shape index (κ3) is 5.02. The molecule has 0 bridgehead atoms. The van der Waals surface area contributed by atoms with E-state index in [2.05, 4.69) is 46.5 Å². The van der Waals surface area contributed by atoms with Crippen LogP contribution in [0.25, 0.3) is 0 Å². The van der Waals surface area contributed by atoms with Gasteiger partial charge in [-0.25, -0.2) is 0 Å². The highest BCUT2D eigenvalue weighted by atomic mass is 16.5. The first-order valence-electron chi connectivity index (χ1n) is 11.4. The minimum Gasteiger partial charge on any atom is -0.497 e. The number of rotatable bonds is 9. The van der Waals surface area contributed by atoms with E-state index in [-0.39, 0.29) is 11.9 Å². The Bertz CT molecular complexity index is 1030. The molecular formula is C26H32N4O2. The fourth-order valence-electron chi connectivity index (χ4n) is 4.51. The number of nitrogens with one attached hydrogen (secondary N) is 1. The van der Waals surface area contributed by atoms with Crippen LogP contribution in [-0.4, -0.2) is 47.3 Å². The molecule has 0 saturated carbocycles. The van der Waals surface area contributed by atoms with Crippen LogP contribution in [0, 0.1) is 0 Å². The summed E-state index contributed by atoms with van der Waals surface area (Å²) in [6, 6.07) is 18.5. The Kier molecular flexibility index (Phi) is 7.22. The van der Waals surface area contributed by atoms with Gasteiger partial charge in [0.25, 0.3) is 5.91 Å². The van der Waals surface area contributed by atoms with Crippen LogP contribution in [0.2, 0.25) is 0 Å². The van der Waals surface area contributed by atoms with Crippen molar-refractivity contribution < 1.29 is 9.53 Å². The zero-order valence-electron chi connectivity index (χ0n) is 19.0. The zero-order valence-corrected chi connectivity index (χ0v) is 19.0. The standard InChI is InChI=1S/C26H32N4O2/c1-3-24-23(17-28-30(24)19-20-10-5-4-6-11-20)26(31)27-18-25(29-14-7-8-15-29)21-12-9-13-22(16-21)32-2/h4-6,9-13,16-17,25H,3,7-8,14-15,18-19H2,1-2H3,(H,27,31). The fraction of sp³-hybridized carbons (Fsp3) is 0.385. The maximum Gasteiger partial charge on any atom is 0.254 e. The number of hydrogen-bond donors (Lipinski definition) is 1. The molecular weight excluding hydrogens is 400 g/mol. The molecule has 1 amide bonds. The molecule has 6 heteroatoms. The van der Waals surface area contributed by atoms with Gasteiger partial charge in [-0.3, -0.25) is 14.4 Å². The summed E-state index contributed by atoms with van der Waals surface area (Å²) in [5.41, 5.74) is 3.96. The number of amides is 1. The van der Waals surface area contributed by atoms with Crippen LogP contribution in [0.15, 0.2) is 60.8 Å². The van der Waals surface area contributed by atoms with Gasteiger partial charge >= 0.3 is 0 Å². The molecule has 4 rings (SSSR count). The topological polar surface area (TPSA) is 59.4 Å². The summed E-state index contributed by atoms with van der Waals surface area (Å²) in [7, 11) is 1.69. The normalized spacial score (nSPS) is 14.9. The molecule has 1 unspecified atom stereocenters. The first-order valence-corrected chi connectivity index (χ1v) is 11.4. The predicted molar refractivity (Wildman–Crippen MR) is 126 cm³/mol. The lowest BCUT2D eigenvalue weighted by Crippen LogP contribution is -2.37. The van der Waals surface area contributed by atoms with Crippen molar-refractivity contribution >= 4 is 5.91 Å². The molecule has 1 N–H and O–H groups in total. The Labute approximate surface area is 190 Å². The van der Waals surface area contributed by atoms with E-state index in [0.29, 0.717) is 18.7 Å². The maximum atomic E-state index is 13.2. The monoisotopic (exact) mass is 432 g/mol. The number of methoxy groups -OCH3 is 1. The van der Waals surface area contributed by atoms with Gasteiger partial charge in [-0.15, -0.1) is 0 Å². The van der Waals surface area contributed by atoms with Crippen LogP contribution in [0.4, 0.5) is 0 Å². The van der Waals surface area contributed by atoms with Crippen LogP contribution in [0.1, 0.15) is 53.0 Å². The van der Waals surface area contributed by atoms with E-state index in [1.165, 1.54) is 24.0 Å². The van der Waals surface area contributed by atoms with Gasteiger partial charge in [0, 0.05) is 6.54 Å². The quantitative estimate of drug-likeness (QED) is 0.554. The Morgan fingerprint density at radius 2 is 1.91 bits per heavy atom. The van der Waals surface area contributed by atoms with Crippen LogP contribution >= 0.6 is 0 Å². The molecule has 0 spiro atoms. The van der Waals surface area contributed by atoms with Gasteiger partial charge in [0.05, 0.1) is 37.2 Å². The first-order chi connectivity index (χ1) is 15.7. The minimum absolute atomic E-state index is 0.0618. The first kappa shape index (κ1) is 22.1. The molecule has 0 aliphatic carbocycles. The molecule has 1 fully saturated rings. The number of aromatic nitrogens is 2. The zero-order chi connectivity index (χ0) is 22.3. The van der Waals surface area contributed by atoms with E-state index in [1.54, 1.807) is 13.3 Å². The van der Waals surface area contributed by atoms with E-state index in [9.17, 15) is 4.79 Å². The molecule has 0 radical (unpaired) electrons. The fourth-order valence-corrected chi connectivity index (χ4v) is 4.51. The summed E-state index contributed by atoms with van der Waals surface area (Å²) in [5.74, 6) is 0.779. The van der Waals surface area contributed by atoms with Crippen LogP contribution in [0.5, 0.6) is 5.75 Å². The van der Waals surface area contributed by atoms with Crippen molar-refractivity contribution in [2.45, 2.75) is 38.8 Å². The lowest BCUT2D eigenvalue weighted by atomic mass is 10.0. The highest BCUT2D eigenvalue weighted by Crippen LogP contribution is 2.27. The molecule has 1 aromatic heterocycles. The minimum atomic E-state index is -0.0618. The summed E-state index contributed by atoms with van der Waals surface area (Å²) in [4.78, 5) is 15.6. The number of carbonyl (C=O) groups excluding carboxylic acids is 1. The lowest BCUT2D eigenvalue weighted by Gasteiger charge is -2.28. The molecule has 168 valence electrons. The summed E-state index contributed by atoms with van der Waals surface area (Å²) in [6.45, 7) is 5.38. The summed E-state index contributed by atoms with van der Waals surface area (Å²) >= 11 is 0. The smallest absolute Gasteiger partial charge is 0.254 e. The Balaban J connectivity index is 1.49. The third-order valence-corrected chi connectivity index (χ3v) is 6.22. The molecule has 6 nitrogen and oxygen atoms in total. The van der Waals surface area contributed by atoms with Crippen molar-refractivity contribution in [3.05, 3.63) is 83.2 Å². The summed E-state index contributed by atoms with van der Waals surface area (Å²) in [6.07, 6.45) is 4.84. The molecule has 1 saturated heterocycles. The van der Waals surface area contributed by atoms with Gasteiger partial charge < -0.3 is 10.1 Å². The average molecular weight is 433 g/mol. The van der Waals surface area contributed by atoms with E-state index in [4.69, 9.17) is 4.74 Å². The molecule has 3 aromatic rings. The highest BCUT2D eigenvalue weighted by molar-refractivity contribution is 5.95. The van der Waals surface area contributed by atoms with Crippen LogP contribution < -0.4 is 10.1 Å². The van der Waals surface area contributed by atoms with Gasteiger partial charge in [-0.2, -0.15) is 5.10 Å². The third-order valence-electron chi connectivity index (χ3n) is 6.22. The second-order valence-corrected chi connectivity index (χ2v) is 8.25. The highest BCUT2D eigenvalue weighted by Gasteiger charge is 2.25. The molecule has 32 heavy (non-hydrogen) atoms. The van der Waals surface area contributed by atoms with Gasteiger partial charge in [0.15, 0.2) is 0 Å². The summed E-state index contributed by atoms with van der Waals surface area (Å²) < 4.78 is 7.36. The Hall–Kier alpha value is -3.12. The van der Waals surface area contributed by atoms with E-state index < -0.39 is 0 Å². The number of hydrogen-bond acceptors (Lipinski definition) is 4. The van der Waals surface area contributed by atoms with Gasteiger partial charge in [-0.05, 0) is 55.6 Å². The molecule has 1 atom stereocenters. The number of carbonyl (C=O) groups is 1. The van der Waals surface area contributed by atoms with Gasteiger partial charge in [0.2, 0.25) is 0 Å². The number of benzene rings is 2. The molecule has 1 aliphatic heterocycles. The predicted octanol–water partition coefficient (Wildman–Crippen LogP) is 4.07. The van der Waals surface area contributed by atoms with Crippen molar-refractivity contribution in [1.82, 2.24) is 20.0 Å². The van der Waals surface area contributed by atoms with E-state index >= 15 is 0 Å². The van der Waals surface area contributed by atoms with Crippen molar-refractivity contribution in [2.24, 2.45) is 0 Å². The average Bonchev–Trinajstić information content (AvgIpc) is 3.50. The summed E-state index contributed by atoms with van der Waals surface area (Å²) in [5, 5.41) is 7.71. The van der Waals surface area contributed by atoms with Gasteiger partial charge in [-0.1, -0.05) is 49.4 Å². The van der Waals surface area contributed by atoms with Crippen molar-refractivity contribution in [1.29, 1.82) is 0 Å². The molecule has 2 aromatic carbocycles. The number of likely N-dealkylation sites (tertiary alicyclic amines) is 1. The second-order valence-electron chi connectivity index (χ2n) is 8.25. The maximum absolute atomic E-state index is 13.2. The van der Waals surface area contributed by atoms with Crippen LogP contribution in [-0.2, 0) is 13.0 Å². The number of nitrogens with zero attached hydrogens (tertiary/aromatic N) is 3. The SMILES string of the molecule is CCc1c(C(=O)NCC(c2cccc(OC)c2)N2CCCC2)cnn1Cc1ccccc1. The molecule has 1 aliphatic rings.